The minimum absolute atomic E-state index is 0.0281. The number of carbonyl (C=O) groups is 2. The van der Waals surface area contributed by atoms with Crippen molar-refractivity contribution in [3.63, 3.8) is 0 Å². The molecule has 2 atom stereocenters. The normalized spacial score (nSPS) is 13.6. The Balaban J connectivity index is 4.42. The molecule has 0 aliphatic rings. The molecule has 0 aromatic carbocycles. The maximum atomic E-state index is 12.7. The van der Waals surface area contributed by atoms with Gasteiger partial charge in [0.25, 0.3) is 0 Å². The molecule has 9 nitrogen and oxygen atoms in total. The Hall–Kier alpha value is -1.51. The van der Waals surface area contributed by atoms with E-state index in [0.29, 0.717) is 13.0 Å². The summed E-state index contributed by atoms with van der Waals surface area (Å²) >= 11 is 0. The van der Waals surface area contributed by atoms with Crippen LogP contribution in [0.25, 0.3) is 0 Å². The Labute approximate surface area is 338 Å². The summed E-state index contributed by atoms with van der Waals surface area (Å²) in [4.78, 5) is 37.5. The van der Waals surface area contributed by atoms with Crippen molar-refractivity contribution < 1.29 is 37.6 Å². The molecule has 0 aromatic rings. The summed E-state index contributed by atoms with van der Waals surface area (Å²) in [6.07, 6.45) is 39.3. The first kappa shape index (κ1) is 53.5. The van der Waals surface area contributed by atoms with Crippen molar-refractivity contribution in [1.82, 2.24) is 4.90 Å². The van der Waals surface area contributed by atoms with Crippen LogP contribution in [0.5, 0.6) is 0 Å². The van der Waals surface area contributed by atoms with Crippen LogP contribution in [0.2, 0.25) is 0 Å². The van der Waals surface area contributed by atoms with Gasteiger partial charge in [-0.05, 0) is 77.3 Å². The highest BCUT2D eigenvalue weighted by molar-refractivity contribution is 7.47. The molecule has 0 spiro atoms. The van der Waals surface area contributed by atoms with Gasteiger partial charge in [-0.3, -0.25) is 18.6 Å². The number of hydrogen-bond acceptors (Lipinski definition) is 8. The van der Waals surface area contributed by atoms with Gasteiger partial charge >= 0.3 is 19.8 Å². The maximum Gasteiger partial charge on any atom is 0.472 e. The first-order valence-corrected chi connectivity index (χ1v) is 24.3. The lowest BCUT2D eigenvalue weighted by Crippen LogP contribution is -2.30. The van der Waals surface area contributed by atoms with Crippen LogP contribution in [0.1, 0.15) is 207 Å². The van der Waals surface area contributed by atoms with E-state index in [2.05, 4.69) is 43.1 Å². The summed E-state index contributed by atoms with van der Waals surface area (Å²) in [6.45, 7) is 9.99. The summed E-state index contributed by atoms with van der Waals surface area (Å²) < 4.78 is 33.9. The number of hydrogen-bond donors (Lipinski definition) is 1. The lowest BCUT2D eigenvalue weighted by molar-refractivity contribution is -0.161. The monoisotopic (exact) mass is 800 g/mol. The Morgan fingerprint density at radius 2 is 0.945 bits per heavy atom. The summed E-state index contributed by atoms with van der Waals surface area (Å²) in [5, 5.41) is 0. The number of allylic oxidation sites excluding steroid dienone is 4. The van der Waals surface area contributed by atoms with Gasteiger partial charge in [-0.15, -0.1) is 0 Å². The van der Waals surface area contributed by atoms with Gasteiger partial charge in [0.05, 0.1) is 13.2 Å². The fraction of sp³-hybridized carbons (Fsp3) is 0.867. The first-order valence-electron chi connectivity index (χ1n) is 22.8. The summed E-state index contributed by atoms with van der Waals surface area (Å²) in [5.74, 6) is -0.812. The van der Waals surface area contributed by atoms with E-state index in [1.807, 2.05) is 13.8 Å². The lowest BCUT2D eigenvalue weighted by atomic mass is 10.1. The number of ether oxygens (including phenoxy) is 2. The number of phosphoric ester groups is 1. The quantitative estimate of drug-likeness (QED) is 0.0279. The molecule has 10 heteroatoms. The van der Waals surface area contributed by atoms with Crippen LogP contribution >= 0.6 is 7.82 Å². The third kappa shape index (κ3) is 39.1. The number of nitrogens with zero attached hydrogens (tertiary/aromatic N) is 1. The van der Waals surface area contributed by atoms with E-state index < -0.39 is 26.5 Å². The summed E-state index contributed by atoms with van der Waals surface area (Å²) in [6, 6.07) is 0. The van der Waals surface area contributed by atoms with Gasteiger partial charge in [0, 0.05) is 19.4 Å². The second-order valence-electron chi connectivity index (χ2n) is 15.1. The van der Waals surface area contributed by atoms with Crippen molar-refractivity contribution in [3.8, 4) is 0 Å². The average Bonchev–Trinajstić information content (AvgIpc) is 3.17. The van der Waals surface area contributed by atoms with Crippen LogP contribution in [0.4, 0.5) is 0 Å². The highest BCUT2D eigenvalue weighted by Crippen LogP contribution is 2.43. The average molecular weight is 800 g/mol. The molecule has 0 saturated carbocycles. The standard InChI is InChI=1S/C45H86NO8P/c1-5-9-11-13-15-17-19-21-23-25-27-29-31-33-35-37-44(47)51-41-43(42-53-55(49,50)52-40-39-46(7-3)8-4)54-45(48)38-36-34-32-30-28-26-24-22-20-18-16-14-12-10-6-2/h21-24,43H,5-20,25-42H2,1-4H3,(H,49,50)/b23-21-,24-22-. The van der Waals surface area contributed by atoms with Gasteiger partial charge in [-0.25, -0.2) is 4.57 Å². The topological polar surface area (TPSA) is 112 Å². The van der Waals surface area contributed by atoms with Crippen LogP contribution in [0.3, 0.4) is 0 Å². The fourth-order valence-electron chi connectivity index (χ4n) is 6.34. The molecule has 1 N–H and O–H groups in total. The van der Waals surface area contributed by atoms with Crippen molar-refractivity contribution in [2.24, 2.45) is 0 Å². The third-order valence-electron chi connectivity index (χ3n) is 9.99. The predicted molar refractivity (Wildman–Crippen MR) is 229 cm³/mol. The van der Waals surface area contributed by atoms with E-state index in [0.717, 1.165) is 83.7 Å². The highest BCUT2D eigenvalue weighted by Gasteiger charge is 2.26. The zero-order chi connectivity index (χ0) is 40.5. The first-order chi connectivity index (χ1) is 26.8. The zero-order valence-corrected chi connectivity index (χ0v) is 37.0. The Kier molecular flexibility index (Phi) is 39.6. The third-order valence-corrected chi connectivity index (χ3v) is 11.0. The molecule has 0 fully saturated rings. The molecular weight excluding hydrogens is 713 g/mol. The van der Waals surface area contributed by atoms with Gasteiger partial charge < -0.3 is 19.3 Å². The van der Waals surface area contributed by atoms with E-state index in [1.165, 1.54) is 89.9 Å². The summed E-state index contributed by atoms with van der Waals surface area (Å²) in [5.41, 5.74) is 0. The number of carbonyl (C=O) groups excluding carboxylic acids is 2. The molecule has 0 aliphatic heterocycles. The van der Waals surface area contributed by atoms with Crippen molar-refractivity contribution >= 4 is 19.8 Å². The molecule has 0 aromatic heterocycles. The van der Waals surface area contributed by atoms with Crippen LogP contribution in [0, 0.1) is 0 Å². The molecular formula is C45H86NO8P. The fourth-order valence-corrected chi connectivity index (χ4v) is 7.08. The van der Waals surface area contributed by atoms with Gasteiger partial charge in [0.2, 0.25) is 0 Å². The van der Waals surface area contributed by atoms with E-state index in [1.54, 1.807) is 0 Å². The lowest BCUT2D eigenvalue weighted by Gasteiger charge is -2.21. The molecule has 0 rings (SSSR count). The molecule has 0 radical (unpaired) electrons. The van der Waals surface area contributed by atoms with Crippen LogP contribution in [0.15, 0.2) is 24.3 Å². The second kappa shape index (κ2) is 40.7. The Bertz CT molecular complexity index is 971. The Morgan fingerprint density at radius 1 is 0.545 bits per heavy atom. The molecule has 0 amide bonds. The van der Waals surface area contributed by atoms with Crippen LogP contribution in [-0.4, -0.2) is 67.3 Å². The van der Waals surface area contributed by atoms with E-state index in [4.69, 9.17) is 18.5 Å². The van der Waals surface area contributed by atoms with Crippen molar-refractivity contribution in [2.45, 2.75) is 214 Å². The molecule has 0 heterocycles. The molecule has 324 valence electrons. The number of unbranched alkanes of at least 4 members (excludes halogenated alkanes) is 22. The minimum atomic E-state index is -4.38. The molecule has 2 unspecified atom stereocenters. The zero-order valence-electron chi connectivity index (χ0n) is 36.1. The molecule has 0 aliphatic carbocycles. The molecule has 0 saturated heterocycles. The van der Waals surface area contributed by atoms with Gasteiger partial charge in [-0.2, -0.15) is 0 Å². The number of esters is 2. The van der Waals surface area contributed by atoms with Gasteiger partial charge in [-0.1, -0.05) is 155 Å². The number of rotatable bonds is 42. The van der Waals surface area contributed by atoms with E-state index >= 15 is 0 Å². The van der Waals surface area contributed by atoms with Crippen molar-refractivity contribution in [1.29, 1.82) is 0 Å². The van der Waals surface area contributed by atoms with E-state index in [-0.39, 0.29) is 32.0 Å². The number of phosphoric acid groups is 1. The predicted octanol–water partition coefficient (Wildman–Crippen LogP) is 13.0. The number of likely N-dealkylation sites (N-methyl/N-ethyl adjacent to an activating group) is 1. The van der Waals surface area contributed by atoms with Gasteiger partial charge in [0.15, 0.2) is 6.10 Å². The van der Waals surface area contributed by atoms with Gasteiger partial charge in [0.1, 0.15) is 6.61 Å². The molecule has 55 heavy (non-hydrogen) atoms. The summed E-state index contributed by atoms with van der Waals surface area (Å²) in [7, 11) is -4.38. The van der Waals surface area contributed by atoms with Crippen molar-refractivity contribution in [2.75, 3.05) is 39.5 Å². The minimum Gasteiger partial charge on any atom is -0.462 e. The van der Waals surface area contributed by atoms with Crippen LogP contribution < -0.4 is 0 Å². The highest BCUT2D eigenvalue weighted by atomic mass is 31.2. The van der Waals surface area contributed by atoms with Crippen LogP contribution in [-0.2, 0) is 32.7 Å². The van der Waals surface area contributed by atoms with E-state index in [9.17, 15) is 19.0 Å². The SMILES string of the molecule is CCCCCCCC/C=C\CCCCCCCC(=O)OCC(COP(=O)(O)OCCN(CC)CC)OC(=O)CCCCCCC/C=C\CCCCCCCC. The molecule has 0 bridgehead atoms. The second-order valence-corrected chi connectivity index (χ2v) is 16.5. The maximum absolute atomic E-state index is 12.7. The Morgan fingerprint density at radius 3 is 1.38 bits per heavy atom. The van der Waals surface area contributed by atoms with Crippen molar-refractivity contribution in [3.05, 3.63) is 24.3 Å². The largest absolute Gasteiger partial charge is 0.472 e. The smallest absolute Gasteiger partial charge is 0.462 e.